The Labute approximate surface area is 164 Å². The zero-order valence-corrected chi connectivity index (χ0v) is 16.6. The van der Waals surface area contributed by atoms with Gasteiger partial charge in [-0.25, -0.2) is 0 Å². The van der Waals surface area contributed by atoms with Crippen molar-refractivity contribution in [2.45, 2.75) is 38.9 Å². The molecule has 0 saturated carbocycles. The Morgan fingerprint density at radius 3 is 2.48 bits per heavy atom. The van der Waals surface area contributed by atoms with E-state index in [1.807, 2.05) is 44.2 Å². The van der Waals surface area contributed by atoms with Crippen LogP contribution in [0.3, 0.4) is 0 Å². The van der Waals surface area contributed by atoms with Crippen molar-refractivity contribution in [3.05, 3.63) is 53.6 Å². The molecule has 1 aromatic heterocycles. The smallest absolute Gasteiger partial charge is 0.331 e. The fourth-order valence-electron chi connectivity index (χ4n) is 3.03. The number of fused-ring (bicyclic) bond motifs is 5. The minimum absolute atomic E-state index is 0.609. The van der Waals surface area contributed by atoms with E-state index in [9.17, 15) is 5.11 Å². The molecule has 0 aliphatic carbocycles. The van der Waals surface area contributed by atoms with E-state index in [4.69, 9.17) is 20.7 Å². The molecular formula is C22H21BClO3. The molecule has 0 aliphatic rings. The molecule has 0 aliphatic heterocycles. The van der Waals surface area contributed by atoms with Crippen LogP contribution in [0.25, 0.3) is 32.7 Å². The highest BCUT2D eigenvalue weighted by Gasteiger charge is 2.35. The number of furan rings is 1. The molecule has 0 amide bonds. The molecule has 1 radical (unpaired) electrons. The predicted molar refractivity (Wildman–Crippen MR) is 113 cm³/mol. The lowest BCUT2D eigenvalue weighted by atomic mass is 9.82. The minimum Gasteiger partial charge on any atom is -0.455 e. The molecule has 4 rings (SSSR count). The van der Waals surface area contributed by atoms with Crippen molar-refractivity contribution in [3.8, 4) is 0 Å². The zero-order chi connectivity index (χ0) is 19.4. The lowest BCUT2D eigenvalue weighted by molar-refractivity contribution is -0.0893. The number of rotatable bonds is 4. The fourth-order valence-corrected chi connectivity index (χ4v) is 3.35. The SMILES string of the molecule is CC(C)(O)C(C)(C)O[B]c1cc(Cl)c2c(c1)oc1c3ccccc3ccc12. The lowest BCUT2D eigenvalue weighted by Gasteiger charge is -2.37. The molecular weight excluding hydrogens is 359 g/mol. The van der Waals surface area contributed by atoms with E-state index in [1.165, 1.54) is 0 Å². The first kappa shape index (κ1) is 18.4. The first-order chi connectivity index (χ1) is 12.7. The van der Waals surface area contributed by atoms with E-state index in [1.54, 1.807) is 21.3 Å². The summed E-state index contributed by atoms with van der Waals surface area (Å²) >= 11 is 6.59. The first-order valence-corrected chi connectivity index (χ1v) is 9.32. The third-order valence-electron chi connectivity index (χ3n) is 5.40. The van der Waals surface area contributed by atoms with Crippen LogP contribution in [0.15, 0.2) is 52.9 Å². The van der Waals surface area contributed by atoms with Crippen molar-refractivity contribution < 1.29 is 14.2 Å². The maximum atomic E-state index is 10.3. The molecule has 1 N–H and O–H groups in total. The van der Waals surface area contributed by atoms with E-state index in [0.717, 1.165) is 32.6 Å². The van der Waals surface area contributed by atoms with E-state index < -0.39 is 11.2 Å². The van der Waals surface area contributed by atoms with Crippen molar-refractivity contribution in [1.29, 1.82) is 0 Å². The maximum absolute atomic E-state index is 10.3. The summed E-state index contributed by atoms with van der Waals surface area (Å²) in [5.74, 6) is 0. The van der Waals surface area contributed by atoms with E-state index >= 15 is 0 Å². The topological polar surface area (TPSA) is 42.6 Å². The van der Waals surface area contributed by atoms with Gasteiger partial charge in [0.05, 0.1) is 16.2 Å². The number of benzene rings is 3. The molecule has 0 saturated heterocycles. The molecule has 0 spiro atoms. The molecule has 0 bridgehead atoms. The Morgan fingerprint density at radius 2 is 1.74 bits per heavy atom. The van der Waals surface area contributed by atoms with Gasteiger partial charge in [0, 0.05) is 16.2 Å². The van der Waals surface area contributed by atoms with Crippen LogP contribution in [0.4, 0.5) is 0 Å². The summed E-state index contributed by atoms with van der Waals surface area (Å²) in [5, 5.41) is 15.0. The van der Waals surface area contributed by atoms with Gasteiger partial charge in [0.1, 0.15) is 11.2 Å². The molecule has 5 heteroatoms. The normalized spacial score (nSPS) is 13.0. The third-order valence-corrected chi connectivity index (χ3v) is 5.70. The molecule has 4 aromatic rings. The van der Waals surface area contributed by atoms with Gasteiger partial charge in [-0.3, -0.25) is 0 Å². The Balaban J connectivity index is 1.80. The maximum Gasteiger partial charge on any atom is 0.331 e. The average molecular weight is 380 g/mol. The second kappa shape index (κ2) is 6.27. The monoisotopic (exact) mass is 379 g/mol. The van der Waals surface area contributed by atoms with Crippen LogP contribution in [0, 0.1) is 0 Å². The lowest BCUT2D eigenvalue weighted by Crippen LogP contribution is -2.49. The summed E-state index contributed by atoms with van der Waals surface area (Å²) in [6, 6.07) is 16.0. The van der Waals surface area contributed by atoms with Crippen LogP contribution < -0.4 is 5.46 Å². The van der Waals surface area contributed by atoms with Gasteiger partial charge in [0.2, 0.25) is 0 Å². The van der Waals surface area contributed by atoms with Crippen LogP contribution >= 0.6 is 11.6 Å². The van der Waals surface area contributed by atoms with Crippen LogP contribution in [0.2, 0.25) is 5.02 Å². The Morgan fingerprint density at radius 1 is 1.00 bits per heavy atom. The Hall–Kier alpha value is -2.01. The molecule has 0 fully saturated rings. The van der Waals surface area contributed by atoms with Crippen molar-refractivity contribution in [2.24, 2.45) is 0 Å². The van der Waals surface area contributed by atoms with Crippen molar-refractivity contribution in [2.75, 3.05) is 0 Å². The molecule has 3 nitrogen and oxygen atoms in total. The standard InChI is InChI=1S/C22H21BClO3/c1-21(2,25)22(3,4)27-23-14-11-17(24)19-16-10-9-13-7-5-6-8-15(13)20(16)26-18(19)12-14/h5-12,25H,1-4H3. The molecule has 27 heavy (non-hydrogen) atoms. The summed E-state index contributed by atoms with van der Waals surface area (Å²) in [4.78, 5) is 0. The van der Waals surface area contributed by atoms with Crippen LogP contribution in [0.5, 0.6) is 0 Å². The average Bonchev–Trinajstić information content (AvgIpc) is 2.98. The first-order valence-electron chi connectivity index (χ1n) is 8.94. The summed E-state index contributed by atoms with van der Waals surface area (Å²) in [5.41, 5.74) is 0.589. The second-order valence-electron chi connectivity index (χ2n) is 7.95. The summed E-state index contributed by atoms with van der Waals surface area (Å²) in [6.07, 6.45) is 0. The minimum atomic E-state index is -0.990. The molecule has 1 heterocycles. The van der Waals surface area contributed by atoms with Gasteiger partial charge < -0.3 is 14.2 Å². The summed E-state index contributed by atoms with van der Waals surface area (Å²) in [7, 11) is 1.62. The van der Waals surface area contributed by atoms with Gasteiger partial charge >= 0.3 is 7.48 Å². The van der Waals surface area contributed by atoms with Gasteiger partial charge in [-0.2, -0.15) is 0 Å². The predicted octanol–water partition coefficient (Wildman–Crippen LogP) is 5.20. The van der Waals surface area contributed by atoms with Crippen molar-refractivity contribution >= 4 is 57.3 Å². The van der Waals surface area contributed by atoms with Crippen LogP contribution in [-0.2, 0) is 4.65 Å². The van der Waals surface area contributed by atoms with Crippen LogP contribution in [-0.4, -0.2) is 23.8 Å². The van der Waals surface area contributed by atoms with Crippen LogP contribution in [0.1, 0.15) is 27.7 Å². The second-order valence-corrected chi connectivity index (χ2v) is 8.35. The summed E-state index contributed by atoms with van der Waals surface area (Å²) in [6.45, 7) is 7.14. The van der Waals surface area contributed by atoms with Crippen molar-refractivity contribution in [3.63, 3.8) is 0 Å². The molecule has 137 valence electrons. The number of aliphatic hydroxyl groups is 1. The highest BCUT2D eigenvalue weighted by molar-refractivity contribution is 6.49. The van der Waals surface area contributed by atoms with Gasteiger partial charge in [-0.1, -0.05) is 41.9 Å². The number of hydrogen-bond acceptors (Lipinski definition) is 3. The highest BCUT2D eigenvalue weighted by atomic mass is 35.5. The Kier molecular flexibility index (Phi) is 4.26. The molecule has 3 aromatic carbocycles. The van der Waals surface area contributed by atoms with E-state index in [0.29, 0.717) is 10.6 Å². The third kappa shape index (κ3) is 3.12. The van der Waals surface area contributed by atoms with E-state index in [-0.39, 0.29) is 0 Å². The summed E-state index contributed by atoms with van der Waals surface area (Å²) < 4.78 is 12.0. The number of hydrogen-bond donors (Lipinski definition) is 1. The molecule has 0 unspecified atom stereocenters. The quantitative estimate of drug-likeness (QED) is 0.495. The Bertz CT molecular complexity index is 1160. The molecule has 0 atom stereocenters. The van der Waals surface area contributed by atoms with Gasteiger partial charge in [-0.15, -0.1) is 0 Å². The zero-order valence-electron chi connectivity index (χ0n) is 15.8. The highest BCUT2D eigenvalue weighted by Crippen LogP contribution is 2.37. The van der Waals surface area contributed by atoms with Gasteiger partial charge in [-0.05, 0) is 56.7 Å². The van der Waals surface area contributed by atoms with Gasteiger partial charge in [0.15, 0.2) is 0 Å². The number of halogens is 1. The van der Waals surface area contributed by atoms with E-state index in [2.05, 4.69) is 18.2 Å². The van der Waals surface area contributed by atoms with Crippen molar-refractivity contribution in [1.82, 2.24) is 0 Å². The van der Waals surface area contributed by atoms with Gasteiger partial charge in [0.25, 0.3) is 0 Å². The fraction of sp³-hybridized carbons (Fsp3) is 0.273. The largest absolute Gasteiger partial charge is 0.455 e.